The summed E-state index contributed by atoms with van der Waals surface area (Å²) in [6, 6.07) is 1.93. The first-order valence-electron chi connectivity index (χ1n) is 6.17. The Kier molecular flexibility index (Phi) is 8.29. The van der Waals surface area contributed by atoms with E-state index in [1.54, 1.807) is 0 Å². The number of halogens is 3. The molecule has 1 saturated heterocycles. The van der Waals surface area contributed by atoms with Crippen molar-refractivity contribution in [2.45, 2.75) is 18.3 Å². The number of hydrogen-bond donors (Lipinski definition) is 0. The Bertz CT molecular complexity index is 456. The quantitative estimate of drug-likeness (QED) is 0.176. The number of alkyl halides is 1. The van der Waals surface area contributed by atoms with Crippen molar-refractivity contribution in [1.82, 2.24) is 9.97 Å². The van der Waals surface area contributed by atoms with Gasteiger partial charge in [0.25, 0.3) is 0 Å². The molecule has 0 spiro atoms. The Labute approximate surface area is 177 Å². The molecule has 2 aliphatic rings. The monoisotopic (exact) mass is 529 g/mol. The minimum Gasteiger partial charge on any atom is -1.00 e. The summed E-state index contributed by atoms with van der Waals surface area (Å²) in [5, 5.41) is 0.553. The molecule has 8 heteroatoms. The van der Waals surface area contributed by atoms with Crippen LogP contribution in [0.25, 0.3) is 0 Å². The summed E-state index contributed by atoms with van der Waals surface area (Å²) in [4.78, 5) is 11.2. The molecule has 20 heavy (non-hydrogen) atoms. The summed E-state index contributed by atoms with van der Waals surface area (Å²) in [5.41, 5.74) is 1.37. The van der Waals surface area contributed by atoms with Crippen molar-refractivity contribution in [2.75, 3.05) is 35.6 Å². The van der Waals surface area contributed by atoms with Crippen molar-refractivity contribution >= 4 is 40.1 Å². The molecule has 0 aromatic carbocycles. The largest absolute Gasteiger partial charge is 1.00 e. The topological polar surface area (TPSA) is 38.2 Å². The van der Waals surface area contributed by atoms with Crippen LogP contribution in [0, 0.1) is 0 Å². The number of nitrogens with zero attached hydrogens (tertiary/aromatic N) is 3. The Morgan fingerprint density at radius 1 is 1.30 bits per heavy atom. The molecule has 0 amide bonds. The second-order valence-corrected chi connectivity index (χ2v) is 6.04. The molecule has 3 rings (SSSR count). The summed E-state index contributed by atoms with van der Waals surface area (Å²) >= 11 is 8.59. The molecule has 106 valence electrons. The molecule has 2 heterocycles. The first kappa shape index (κ1) is 19.6. The molecule has 1 aliphatic carbocycles. The van der Waals surface area contributed by atoms with Gasteiger partial charge in [-0.05, 0) is 18.9 Å². The molecule has 2 fully saturated rings. The number of anilines is 1. The first-order chi connectivity index (χ1) is 8.73. The van der Waals surface area contributed by atoms with Gasteiger partial charge in [-0.1, -0.05) is 34.2 Å². The molecule has 0 unspecified atom stereocenters. The van der Waals surface area contributed by atoms with Gasteiger partial charge in [0.2, 0.25) is 5.95 Å². The molecule has 0 radical (unpaired) electrons. The maximum absolute atomic E-state index is 6.15. The summed E-state index contributed by atoms with van der Waals surface area (Å²) in [6.07, 6.45) is 2.43. The van der Waals surface area contributed by atoms with Crippen LogP contribution >= 0.6 is 34.2 Å². The smallest absolute Gasteiger partial charge is 1.00 e. The van der Waals surface area contributed by atoms with Gasteiger partial charge in [0.1, 0.15) is 5.15 Å². The maximum Gasteiger partial charge on any atom is 1.00 e. The fraction of sp³-hybridized carbons (Fsp3) is 0.667. The zero-order chi connectivity index (χ0) is 12.6. The molecular formula is C12H15ClI2N3NaO. The minimum absolute atomic E-state index is 0. The van der Waals surface area contributed by atoms with E-state index in [1.807, 2.05) is 6.07 Å². The van der Waals surface area contributed by atoms with Gasteiger partial charge >= 0.3 is 29.6 Å². The fourth-order valence-corrected chi connectivity index (χ4v) is 3.52. The molecule has 1 saturated carbocycles. The van der Waals surface area contributed by atoms with E-state index in [1.165, 1.54) is 12.8 Å². The normalized spacial score (nSPS) is 19.8. The van der Waals surface area contributed by atoms with E-state index in [4.69, 9.17) is 21.3 Å². The van der Waals surface area contributed by atoms with Gasteiger partial charge in [-0.3, -0.25) is 0 Å². The summed E-state index contributed by atoms with van der Waals surface area (Å²) in [7, 11) is 0. The fourth-order valence-electron chi connectivity index (χ4n) is 2.19. The van der Waals surface area contributed by atoms with E-state index in [2.05, 4.69) is 32.5 Å². The van der Waals surface area contributed by atoms with Gasteiger partial charge in [0.05, 0.1) is 18.9 Å². The van der Waals surface area contributed by atoms with E-state index < -0.39 is 0 Å². The van der Waals surface area contributed by atoms with E-state index in [0.717, 1.165) is 42.4 Å². The molecule has 1 aromatic heterocycles. The number of aromatic nitrogens is 2. The minimum atomic E-state index is 0. The number of rotatable bonds is 3. The van der Waals surface area contributed by atoms with E-state index in [-0.39, 0.29) is 58.9 Å². The second kappa shape index (κ2) is 8.44. The van der Waals surface area contributed by atoms with Gasteiger partial charge in [-0.15, -0.1) is 0 Å². The van der Waals surface area contributed by atoms with Crippen molar-refractivity contribution in [3.8, 4) is 0 Å². The summed E-state index contributed by atoms with van der Waals surface area (Å²) < 4.78 is 6.45. The number of morpholine rings is 1. The Morgan fingerprint density at radius 2 is 1.95 bits per heavy atom. The predicted octanol–water partition coefficient (Wildman–Crippen LogP) is -3.56. The van der Waals surface area contributed by atoms with Crippen LogP contribution in [0.5, 0.6) is 0 Å². The van der Waals surface area contributed by atoms with Crippen molar-refractivity contribution < 1.29 is 58.3 Å². The van der Waals surface area contributed by atoms with Crippen LogP contribution in [0.4, 0.5) is 5.95 Å². The second-order valence-electron chi connectivity index (χ2n) is 4.89. The average Bonchev–Trinajstić information content (AvgIpc) is 3.20. The van der Waals surface area contributed by atoms with Crippen LogP contribution in [0.15, 0.2) is 6.07 Å². The average molecular weight is 530 g/mol. The van der Waals surface area contributed by atoms with Gasteiger partial charge in [-0.2, -0.15) is 0 Å². The van der Waals surface area contributed by atoms with Crippen LogP contribution in [0.3, 0.4) is 0 Å². The van der Waals surface area contributed by atoms with Crippen LogP contribution in [0.2, 0.25) is 5.15 Å². The van der Waals surface area contributed by atoms with E-state index in [0.29, 0.717) is 5.15 Å². The van der Waals surface area contributed by atoms with Crippen molar-refractivity contribution in [3.63, 3.8) is 0 Å². The molecule has 1 aromatic rings. The molecular weight excluding hydrogens is 514 g/mol. The van der Waals surface area contributed by atoms with Crippen LogP contribution in [-0.4, -0.2) is 40.7 Å². The third-order valence-electron chi connectivity index (χ3n) is 3.63. The predicted molar refractivity (Wildman–Crippen MR) is 79.9 cm³/mol. The SMILES string of the molecule is Clc1cc(C2(CI)CC2)nc(N2CCOCC2)n1.[I-].[Na+]. The van der Waals surface area contributed by atoms with Crippen LogP contribution < -0.4 is 58.4 Å². The van der Waals surface area contributed by atoms with Crippen molar-refractivity contribution in [1.29, 1.82) is 0 Å². The maximum atomic E-state index is 6.15. The Balaban J connectivity index is 0.000001000. The standard InChI is InChI=1S/C12H15ClIN3O.HI.Na/c13-10-7-9(12(8-14)1-2-12)15-11(16-10)17-3-5-18-6-4-17;;/h7H,1-6,8H2;1H;/q;;+1/p-1. The van der Waals surface area contributed by atoms with Gasteiger partial charge in [0, 0.05) is 22.9 Å². The third kappa shape index (κ3) is 4.32. The van der Waals surface area contributed by atoms with E-state index >= 15 is 0 Å². The molecule has 0 bridgehead atoms. The van der Waals surface area contributed by atoms with E-state index in [9.17, 15) is 0 Å². The third-order valence-corrected chi connectivity index (χ3v) is 5.28. The Hall–Kier alpha value is 1.59. The van der Waals surface area contributed by atoms with Gasteiger partial charge in [-0.25, -0.2) is 9.97 Å². The van der Waals surface area contributed by atoms with Gasteiger partial charge < -0.3 is 33.6 Å². The van der Waals surface area contributed by atoms with Crippen LogP contribution in [-0.2, 0) is 10.2 Å². The first-order valence-corrected chi connectivity index (χ1v) is 8.08. The number of hydrogen-bond acceptors (Lipinski definition) is 4. The van der Waals surface area contributed by atoms with Crippen molar-refractivity contribution in [2.24, 2.45) is 0 Å². The van der Waals surface area contributed by atoms with Crippen LogP contribution in [0.1, 0.15) is 18.5 Å². The summed E-state index contributed by atoms with van der Waals surface area (Å²) in [6.45, 7) is 3.17. The molecule has 0 atom stereocenters. The number of ether oxygens (including phenoxy) is 1. The van der Waals surface area contributed by atoms with Gasteiger partial charge in [0.15, 0.2) is 0 Å². The molecule has 1 aliphatic heterocycles. The zero-order valence-corrected chi connectivity index (χ0v) is 18.5. The van der Waals surface area contributed by atoms with Crippen molar-refractivity contribution in [3.05, 3.63) is 16.9 Å². The summed E-state index contributed by atoms with van der Waals surface area (Å²) in [5.74, 6) is 0.761. The molecule has 4 nitrogen and oxygen atoms in total. The molecule has 0 N–H and O–H groups in total. The Morgan fingerprint density at radius 3 is 2.50 bits per heavy atom. The zero-order valence-electron chi connectivity index (χ0n) is 11.4.